The van der Waals surface area contributed by atoms with Gasteiger partial charge in [0.25, 0.3) is 11.5 Å². The maximum Gasteiger partial charge on any atom is 0.410 e. The predicted molar refractivity (Wildman–Crippen MR) is 209 cm³/mol. The average molecular weight is 797 g/mol. The molecule has 58 heavy (non-hydrogen) atoms. The number of ether oxygens (including phenoxy) is 3. The molecule has 300 valence electrons. The molecule has 1 aliphatic heterocycles. The summed E-state index contributed by atoms with van der Waals surface area (Å²) in [5, 5.41) is 10.8. The molecule has 4 heterocycles. The lowest BCUT2D eigenvalue weighted by Gasteiger charge is -2.36. The highest BCUT2D eigenvalue weighted by Gasteiger charge is 2.35. The third kappa shape index (κ3) is 8.72. The number of halogens is 3. The Morgan fingerprint density at radius 1 is 0.948 bits per heavy atom. The number of benzene rings is 3. The molecule has 2 N–H and O–H groups in total. The van der Waals surface area contributed by atoms with Crippen molar-refractivity contribution in [2.24, 2.45) is 0 Å². The summed E-state index contributed by atoms with van der Waals surface area (Å²) in [6.45, 7) is 5.53. The highest BCUT2D eigenvalue weighted by Crippen LogP contribution is 2.37. The Bertz CT molecular complexity index is 2520. The SMILES string of the molecule is COc1ccc(Cn2nc(N[C@@H]3CCN(C(=O)OC(C)(C)C)C[C@@H]3F)c3c(Oc4ccc(NC(=O)c5nccn(-c6ccc(F)cc6)c5=O)cc4F)ccnc32)cc1. The summed E-state index contributed by atoms with van der Waals surface area (Å²) >= 11 is 0. The number of piperidine rings is 1. The first-order chi connectivity index (χ1) is 27.8. The second kappa shape index (κ2) is 16.3. The Kier molecular flexibility index (Phi) is 11.0. The topological polar surface area (TPSA) is 155 Å². The van der Waals surface area contributed by atoms with Crippen LogP contribution in [0.2, 0.25) is 0 Å². The van der Waals surface area contributed by atoms with E-state index in [9.17, 15) is 18.8 Å². The number of nitrogens with zero attached hydrogens (tertiary/aromatic N) is 6. The Morgan fingerprint density at radius 2 is 1.71 bits per heavy atom. The van der Waals surface area contributed by atoms with Crippen LogP contribution in [0.3, 0.4) is 0 Å². The van der Waals surface area contributed by atoms with Crippen LogP contribution in [0, 0.1) is 11.6 Å². The minimum atomic E-state index is -1.49. The average Bonchev–Trinajstić information content (AvgIpc) is 3.53. The fourth-order valence-electron chi connectivity index (χ4n) is 6.35. The largest absolute Gasteiger partial charge is 0.497 e. The van der Waals surface area contributed by atoms with Gasteiger partial charge in [0.2, 0.25) is 0 Å². The van der Waals surface area contributed by atoms with Crippen LogP contribution in [0.25, 0.3) is 16.7 Å². The third-order valence-electron chi connectivity index (χ3n) is 9.17. The number of nitrogens with one attached hydrogen (secondary N) is 2. The zero-order chi connectivity index (χ0) is 41.1. The third-order valence-corrected chi connectivity index (χ3v) is 9.17. The summed E-state index contributed by atoms with van der Waals surface area (Å²) in [4.78, 5) is 48.7. The van der Waals surface area contributed by atoms with Crippen LogP contribution >= 0.6 is 0 Å². The van der Waals surface area contributed by atoms with E-state index in [1.807, 2.05) is 24.3 Å². The lowest BCUT2D eigenvalue weighted by Crippen LogP contribution is -2.51. The van der Waals surface area contributed by atoms with Gasteiger partial charge in [0.15, 0.2) is 28.7 Å². The van der Waals surface area contributed by atoms with E-state index in [2.05, 4.69) is 20.6 Å². The molecule has 0 bridgehead atoms. The van der Waals surface area contributed by atoms with Crippen molar-refractivity contribution in [3.63, 3.8) is 0 Å². The zero-order valence-electron chi connectivity index (χ0n) is 31.9. The molecule has 2 atom stereocenters. The molecule has 0 saturated carbocycles. The molecule has 6 aromatic rings. The highest BCUT2D eigenvalue weighted by atomic mass is 19.1. The molecule has 1 aliphatic rings. The summed E-state index contributed by atoms with van der Waals surface area (Å²) < 4.78 is 64.5. The number of pyridine rings is 1. The number of likely N-dealkylation sites (tertiary alicyclic amines) is 1. The van der Waals surface area contributed by atoms with Crippen LogP contribution in [-0.2, 0) is 11.3 Å². The second-order valence-corrected chi connectivity index (χ2v) is 14.5. The van der Waals surface area contributed by atoms with Gasteiger partial charge in [0.1, 0.15) is 34.5 Å². The lowest BCUT2D eigenvalue weighted by atomic mass is 10.0. The predicted octanol–water partition coefficient (Wildman–Crippen LogP) is 7.12. The fraction of sp³-hybridized carbons (Fsp3) is 0.268. The summed E-state index contributed by atoms with van der Waals surface area (Å²) in [5.41, 5.74) is -0.412. The van der Waals surface area contributed by atoms with Crippen molar-refractivity contribution >= 4 is 34.5 Å². The van der Waals surface area contributed by atoms with Crippen LogP contribution in [-0.4, -0.2) is 79.2 Å². The number of anilines is 2. The molecule has 17 heteroatoms. The van der Waals surface area contributed by atoms with Gasteiger partial charge < -0.3 is 29.7 Å². The van der Waals surface area contributed by atoms with Crippen molar-refractivity contribution in [1.82, 2.24) is 29.2 Å². The minimum Gasteiger partial charge on any atom is -0.497 e. The number of fused-ring (bicyclic) bond motifs is 1. The van der Waals surface area contributed by atoms with Gasteiger partial charge in [-0.3, -0.25) is 14.2 Å². The van der Waals surface area contributed by atoms with Gasteiger partial charge >= 0.3 is 6.09 Å². The Balaban J connectivity index is 1.14. The summed E-state index contributed by atoms with van der Waals surface area (Å²) in [5.74, 6) is -1.40. The number of hydrogen-bond donors (Lipinski definition) is 2. The van der Waals surface area contributed by atoms with Crippen LogP contribution in [0.4, 0.5) is 29.5 Å². The first-order valence-corrected chi connectivity index (χ1v) is 18.3. The van der Waals surface area contributed by atoms with Gasteiger partial charge in [-0.15, -0.1) is 0 Å². The van der Waals surface area contributed by atoms with Crippen molar-refractivity contribution in [3.8, 4) is 22.9 Å². The van der Waals surface area contributed by atoms with Crippen molar-refractivity contribution < 1.29 is 37.0 Å². The molecule has 14 nitrogen and oxygen atoms in total. The number of alkyl halides is 1. The van der Waals surface area contributed by atoms with Crippen LogP contribution in [0.5, 0.6) is 17.2 Å². The smallest absolute Gasteiger partial charge is 0.410 e. The van der Waals surface area contributed by atoms with Gasteiger partial charge in [-0.2, -0.15) is 5.10 Å². The Hall–Kier alpha value is -6.91. The summed E-state index contributed by atoms with van der Waals surface area (Å²) in [6.07, 6.45) is 2.21. The molecule has 1 fully saturated rings. The first kappa shape index (κ1) is 39.3. The number of aromatic nitrogens is 5. The maximum absolute atomic E-state index is 15.8. The van der Waals surface area contributed by atoms with Crippen molar-refractivity contribution in [2.75, 3.05) is 30.8 Å². The molecule has 1 saturated heterocycles. The first-order valence-electron chi connectivity index (χ1n) is 18.3. The molecular formula is C41H39F3N8O6. The molecule has 0 radical (unpaired) electrons. The van der Waals surface area contributed by atoms with E-state index in [4.69, 9.17) is 19.3 Å². The molecule has 3 aromatic heterocycles. The van der Waals surface area contributed by atoms with Gasteiger partial charge in [0.05, 0.1) is 26.2 Å². The zero-order valence-corrected chi connectivity index (χ0v) is 31.9. The second-order valence-electron chi connectivity index (χ2n) is 14.5. The molecule has 0 unspecified atom stereocenters. The van der Waals surface area contributed by atoms with E-state index < -0.39 is 52.7 Å². The van der Waals surface area contributed by atoms with Gasteiger partial charge in [-0.1, -0.05) is 12.1 Å². The minimum absolute atomic E-state index is 0.00879. The highest BCUT2D eigenvalue weighted by molar-refractivity contribution is 6.02. The summed E-state index contributed by atoms with van der Waals surface area (Å²) in [6, 6.07) is 16.9. The monoisotopic (exact) mass is 796 g/mol. The number of carbonyl (C=O) groups is 2. The molecular weight excluding hydrogens is 757 g/mol. The quantitative estimate of drug-likeness (QED) is 0.147. The van der Waals surface area contributed by atoms with E-state index in [1.54, 1.807) is 32.6 Å². The van der Waals surface area contributed by atoms with E-state index in [-0.39, 0.29) is 49.1 Å². The van der Waals surface area contributed by atoms with Gasteiger partial charge in [-0.25, -0.2) is 32.6 Å². The number of methoxy groups -OCH3 is 1. The number of amides is 2. The fourth-order valence-corrected chi connectivity index (χ4v) is 6.35. The Morgan fingerprint density at radius 3 is 2.40 bits per heavy atom. The van der Waals surface area contributed by atoms with E-state index in [0.29, 0.717) is 22.5 Å². The van der Waals surface area contributed by atoms with Crippen LogP contribution < -0.4 is 25.7 Å². The molecule has 0 aliphatic carbocycles. The normalized spacial score (nSPS) is 15.5. The van der Waals surface area contributed by atoms with Gasteiger partial charge in [-0.05, 0) is 81.3 Å². The molecule has 0 spiro atoms. The van der Waals surface area contributed by atoms with E-state index >= 15 is 8.78 Å². The molecule has 3 aromatic carbocycles. The number of rotatable bonds is 10. The lowest BCUT2D eigenvalue weighted by molar-refractivity contribution is 0.0125. The summed E-state index contributed by atoms with van der Waals surface area (Å²) in [7, 11) is 1.57. The standard InChI is InChI=1S/C41H39F3N8O6/c1-41(2,3)58-40(55)50-19-16-31(30(44)23-50)48-36-34-33(15-17-46-37(34)52(49-36)22-24-5-12-28(56-4)13-6-24)57-32-14-9-26(21-29(32)43)47-38(53)35-39(54)51(20-18-45-35)27-10-7-25(42)8-11-27/h5-15,17-18,20-21,30-31H,16,19,22-23H2,1-4H3,(H,47,53)(H,48,49)/t30-,31+/m0/s1. The van der Waals surface area contributed by atoms with Crippen LogP contribution in [0.15, 0.2) is 96.2 Å². The molecule has 7 rings (SSSR count). The number of hydrogen-bond acceptors (Lipinski definition) is 10. The van der Waals surface area contributed by atoms with E-state index in [1.165, 1.54) is 66.0 Å². The van der Waals surface area contributed by atoms with Crippen LogP contribution in [0.1, 0.15) is 43.2 Å². The maximum atomic E-state index is 15.8. The van der Waals surface area contributed by atoms with Gasteiger partial charge in [0, 0.05) is 48.6 Å². The number of carbonyl (C=O) groups excluding carboxylic acids is 2. The van der Waals surface area contributed by atoms with E-state index in [0.717, 1.165) is 16.2 Å². The molecule has 2 amide bonds. The van der Waals surface area contributed by atoms with Crippen molar-refractivity contribution in [2.45, 2.75) is 51.6 Å². The van der Waals surface area contributed by atoms with Crippen molar-refractivity contribution in [1.29, 1.82) is 0 Å². The Labute approximate surface area is 330 Å². The van der Waals surface area contributed by atoms with Crippen molar-refractivity contribution in [3.05, 3.63) is 125 Å².